The van der Waals surface area contributed by atoms with E-state index in [0.29, 0.717) is 0 Å². The van der Waals surface area contributed by atoms with Crippen molar-refractivity contribution in [1.82, 2.24) is 5.32 Å². The average Bonchev–Trinajstić information content (AvgIpc) is 2.36. The Morgan fingerprint density at radius 3 is 2.82 bits per heavy atom. The van der Waals surface area contributed by atoms with Gasteiger partial charge in [0.05, 0.1) is 12.6 Å². The molecule has 2 nitrogen and oxygen atoms in total. The summed E-state index contributed by atoms with van der Waals surface area (Å²) in [6, 6.07) is 6.30. The van der Waals surface area contributed by atoms with E-state index in [9.17, 15) is 0 Å². The number of likely N-dealkylation sites (N-methyl/N-ethyl adjacent to an activating group) is 1. The molecule has 0 bridgehead atoms. The molecule has 0 aromatic heterocycles. The van der Waals surface area contributed by atoms with Crippen LogP contribution < -0.4 is 5.32 Å². The topological polar surface area (TPSA) is 21.3 Å². The molecule has 0 saturated carbocycles. The Morgan fingerprint density at radius 2 is 2.18 bits per heavy atom. The smallest absolute Gasteiger partial charge is 0.113 e. The Labute approximate surface area is 119 Å². The maximum atomic E-state index is 5.74. The predicted octanol–water partition coefficient (Wildman–Crippen LogP) is 4.17. The second kappa shape index (κ2) is 6.03. The summed E-state index contributed by atoms with van der Waals surface area (Å²) in [5.41, 5.74) is 1.19. The van der Waals surface area contributed by atoms with E-state index in [0.717, 1.165) is 34.2 Å². The van der Waals surface area contributed by atoms with Gasteiger partial charge in [-0.15, -0.1) is 0 Å². The number of hydrogen-bond donors (Lipinski definition) is 1. The Kier molecular flexibility index (Phi) is 4.65. The Morgan fingerprint density at radius 1 is 1.35 bits per heavy atom. The van der Waals surface area contributed by atoms with Crippen LogP contribution in [0.5, 0.6) is 0 Å². The molecule has 4 heteroatoms. The van der Waals surface area contributed by atoms with Crippen LogP contribution in [0.2, 0.25) is 0 Å². The zero-order valence-corrected chi connectivity index (χ0v) is 12.8. The lowest BCUT2D eigenvalue weighted by molar-refractivity contribution is 0.169. The van der Waals surface area contributed by atoms with Crippen molar-refractivity contribution < 1.29 is 4.74 Å². The van der Waals surface area contributed by atoms with Crippen molar-refractivity contribution in [3.8, 4) is 0 Å². The van der Waals surface area contributed by atoms with Crippen molar-refractivity contribution in [3.63, 3.8) is 0 Å². The summed E-state index contributed by atoms with van der Waals surface area (Å²) in [5, 5.41) is 3.31. The first kappa shape index (κ1) is 13.1. The lowest BCUT2D eigenvalue weighted by atomic mass is 10.0. The predicted molar refractivity (Wildman–Crippen MR) is 76.9 cm³/mol. The maximum absolute atomic E-state index is 5.74. The zero-order chi connectivity index (χ0) is 12.3. The number of ether oxygens (including phenoxy) is 1. The van der Waals surface area contributed by atoms with Crippen LogP contribution in [0.25, 0.3) is 0 Å². The van der Waals surface area contributed by atoms with Crippen molar-refractivity contribution in [2.75, 3.05) is 13.7 Å². The molecule has 0 amide bonds. The monoisotopic (exact) mass is 359 g/mol. The van der Waals surface area contributed by atoms with Gasteiger partial charge in [-0.2, -0.15) is 0 Å². The fourth-order valence-electron chi connectivity index (χ4n) is 1.96. The highest BCUT2D eigenvalue weighted by Gasteiger charge is 2.20. The van der Waals surface area contributed by atoms with Crippen LogP contribution in [0.3, 0.4) is 0 Å². The number of hydrogen-bond acceptors (Lipinski definition) is 2. The standard InChI is InChI=1S/C13H15Br2NO/c1-16-13(12-4-2-3-7-17-12)10-8-9(14)5-6-11(10)15/h4-6,8,13,16H,2-3,7H2,1H3. The van der Waals surface area contributed by atoms with Gasteiger partial charge in [0.15, 0.2) is 0 Å². The molecule has 0 saturated heterocycles. The van der Waals surface area contributed by atoms with E-state index < -0.39 is 0 Å². The summed E-state index contributed by atoms with van der Waals surface area (Å²) in [6.45, 7) is 0.815. The van der Waals surface area contributed by atoms with Crippen molar-refractivity contribution in [2.45, 2.75) is 18.9 Å². The third kappa shape index (κ3) is 3.12. The molecule has 17 heavy (non-hydrogen) atoms. The molecule has 0 aliphatic carbocycles. The fourth-order valence-corrected chi connectivity index (χ4v) is 2.82. The Bertz CT molecular complexity index is 431. The van der Waals surface area contributed by atoms with Gasteiger partial charge in [-0.25, -0.2) is 0 Å². The molecule has 1 heterocycles. The minimum absolute atomic E-state index is 0.113. The normalized spacial score (nSPS) is 17.2. The van der Waals surface area contributed by atoms with Crippen molar-refractivity contribution in [3.05, 3.63) is 44.5 Å². The maximum Gasteiger partial charge on any atom is 0.113 e. The molecule has 92 valence electrons. The third-order valence-corrected chi connectivity index (χ3v) is 4.02. The SMILES string of the molecule is CNC(C1=CCCCO1)c1cc(Br)ccc1Br. The van der Waals surface area contributed by atoms with Crippen molar-refractivity contribution >= 4 is 31.9 Å². The van der Waals surface area contributed by atoms with E-state index in [-0.39, 0.29) is 6.04 Å². The molecule has 0 spiro atoms. The molecule has 1 aliphatic heterocycles. The van der Waals surface area contributed by atoms with Gasteiger partial charge >= 0.3 is 0 Å². The summed E-state index contributed by atoms with van der Waals surface area (Å²) in [4.78, 5) is 0. The Hall–Kier alpha value is -0.320. The van der Waals surface area contributed by atoms with Crippen LogP contribution in [0.1, 0.15) is 24.4 Å². The van der Waals surface area contributed by atoms with Gasteiger partial charge in [0, 0.05) is 8.95 Å². The van der Waals surface area contributed by atoms with Gasteiger partial charge in [-0.3, -0.25) is 0 Å². The van der Waals surface area contributed by atoms with E-state index in [2.05, 4.69) is 49.3 Å². The van der Waals surface area contributed by atoms with Gasteiger partial charge < -0.3 is 10.1 Å². The minimum Gasteiger partial charge on any atom is -0.496 e. The van der Waals surface area contributed by atoms with Crippen molar-refractivity contribution in [2.24, 2.45) is 0 Å². The summed E-state index contributed by atoms with van der Waals surface area (Å²) in [7, 11) is 1.96. The van der Waals surface area contributed by atoms with Crippen LogP contribution in [0.4, 0.5) is 0 Å². The molecule has 1 atom stereocenters. The van der Waals surface area contributed by atoms with Gasteiger partial charge in [0.2, 0.25) is 0 Å². The second-order valence-electron chi connectivity index (χ2n) is 3.98. The molecule has 1 N–H and O–H groups in total. The van der Waals surface area contributed by atoms with Crippen molar-refractivity contribution in [1.29, 1.82) is 0 Å². The van der Waals surface area contributed by atoms with E-state index in [1.807, 2.05) is 19.2 Å². The van der Waals surface area contributed by atoms with Crippen LogP contribution in [-0.4, -0.2) is 13.7 Å². The first-order valence-corrected chi connectivity index (χ1v) is 7.26. The summed E-state index contributed by atoms with van der Waals surface area (Å²) >= 11 is 7.10. The second-order valence-corrected chi connectivity index (χ2v) is 5.75. The van der Waals surface area contributed by atoms with Crippen LogP contribution in [0.15, 0.2) is 39.0 Å². The first-order valence-electron chi connectivity index (χ1n) is 5.67. The van der Waals surface area contributed by atoms with E-state index in [1.165, 1.54) is 5.56 Å². The highest BCUT2D eigenvalue weighted by atomic mass is 79.9. The molecular formula is C13H15Br2NO. The molecule has 1 unspecified atom stereocenters. The van der Waals surface area contributed by atoms with Crippen LogP contribution in [-0.2, 0) is 4.74 Å². The number of rotatable bonds is 3. The highest BCUT2D eigenvalue weighted by molar-refractivity contribution is 9.11. The fraction of sp³-hybridized carbons (Fsp3) is 0.385. The third-order valence-electron chi connectivity index (χ3n) is 2.80. The molecule has 1 aromatic carbocycles. The number of nitrogens with one attached hydrogen (secondary N) is 1. The van der Waals surface area contributed by atoms with Crippen LogP contribution >= 0.6 is 31.9 Å². The van der Waals surface area contributed by atoms with Gasteiger partial charge in [-0.05, 0) is 49.7 Å². The summed E-state index contributed by atoms with van der Waals surface area (Å²) < 4.78 is 7.91. The van der Waals surface area contributed by atoms with E-state index in [4.69, 9.17) is 4.74 Å². The number of allylic oxidation sites excluding steroid dienone is 1. The number of benzene rings is 1. The highest BCUT2D eigenvalue weighted by Crippen LogP contribution is 2.32. The van der Waals surface area contributed by atoms with E-state index in [1.54, 1.807) is 0 Å². The zero-order valence-electron chi connectivity index (χ0n) is 9.67. The average molecular weight is 361 g/mol. The largest absolute Gasteiger partial charge is 0.496 e. The first-order chi connectivity index (χ1) is 8.22. The summed E-state index contributed by atoms with van der Waals surface area (Å²) in [5.74, 6) is 1.03. The quantitative estimate of drug-likeness (QED) is 0.873. The van der Waals surface area contributed by atoms with Gasteiger partial charge in [-0.1, -0.05) is 31.9 Å². The Balaban J connectivity index is 2.34. The molecule has 0 fully saturated rings. The molecular weight excluding hydrogens is 346 g/mol. The van der Waals surface area contributed by atoms with Crippen LogP contribution in [0, 0.1) is 0 Å². The lowest BCUT2D eigenvalue weighted by Crippen LogP contribution is -2.22. The molecule has 1 aliphatic rings. The number of halogens is 2. The summed E-state index contributed by atoms with van der Waals surface area (Å²) in [6.07, 6.45) is 4.39. The van der Waals surface area contributed by atoms with Gasteiger partial charge in [0.25, 0.3) is 0 Å². The van der Waals surface area contributed by atoms with E-state index >= 15 is 0 Å². The molecule has 1 aromatic rings. The molecule has 0 radical (unpaired) electrons. The minimum atomic E-state index is 0.113. The van der Waals surface area contributed by atoms with Gasteiger partial charge in [0.1, 0.15) is 5.76 Å². The molecule has 2 rings (SSSR count). The lowest BCUT2D eigenvalue weighted by Gasteiger charge is -2.24.